The minimum atomic E-state index is -0.171. The van der Waals surface area contributed by atoms with Gasteiger partial charge in [0.1, 0.15) is 0 Å². The van der Waals surface area contributed by atoms with Crippen LogP contribution in [-0.4, -0.2) is 49.8 Å². The first-order valence-corrected chi connectivity index (χ1v) is 9.11. The van der Waals surface area contributed by atoms with Gasteiger partial charge in [-0.15, -0.1) is 0 Å². The molecule has 7 heteroatoms. The number of carbonyl (C=O) groups is 3. The summed E-state index contributed by atoms with van der Waals surface area (Å²) in [6, 6.07) is 12.6. The van der Waals surface area contributed by atoms with Gasteiger partial charge in [0, 0.05) is 50.2 Å². The van der Waals surface area contributed by atoms with E-state index in [0.29, 0.717) is 17.8 Å². The topological polar surface area (TPSA) is 81.8 Å². The summed E-state index contributed by atoms with van der Waals surface area (Å²) in [4.78, 5) is 39.0. The quantitative estimate of drug-likeness (QED) is 0.834. The lowest BCUT2D eigenvalue weighted by Gasteiger charge is -2.15. The molecule has 3 rings (SSSR count). The van der Waals surface area contributed by atoms with E-state index in [9.17, 15) is 14.4 Å². The van der Waals surface area contributed by atoms with Crippen molar-refractivity contribution in [2.75, 3.05) is 42.7 Å². The summed E-state index contributed by atoms with van der Waals surface area (Å²) in [5, 5.41) is 5.91. The Morgan fingerprint density at radius 2 is 1.71 bits per heavy atom. The van der Waals surface area contributed by atoms with Crippen molar-refractivity contribution in [1.82, 2.24) is 4.90 Å². The van der Waals surface area contributed by atoms with Crippen LogP contribution < -0.4 is 15.5 Å². The van der Waals surface area contributed by atoms with E-state index in [1.807, 2.05) is 12.1 Å². The molecule has 0 aliphatic carbocycles. The van der Waals surface area contributed by atoms with Crippen molar-refractivity contribution in [2.45, 2.75) is 13.3 Å². The van der Waals surface area contributed by atoms with Gasteiger partial charge in [0.2, 0.25) is 11.8 Å². The van der Waals surface area contributed by atoms with Gasteiger partial charge in [-0.2, -0.15) is 0 Å². The van der Waals surface area contributed by atoms with Crippen LogP contribution in [0.4, 0.5) is 17.1 Å². The van der Waals surface area contributed by atoms with E-state index in [0.717, 1.165) is 23.4 Å². The third-order valence-corrected chi connectivity index (χ3v) is 4.63. The lowest BCUT2D eigenvalue weighted by atomic mass is 10.1. The number of amides is 3. The van der Waals surface area contributed by atoms with E-state index in [2.05, 4.69) is 10.6 Å². The number of carbonyl (C=O) groups excluding carboxylic acids is 3. The number of benzene rings is 2. The van der Waals surface area contributed by atoms with Crippen LogP contribution in [0.15, 0.2) is 42.5 Å². The maximum Gasteiger partial charge on any atom is 0.253 e. The monoisotopic (exact) mass is 380 g/mol. The van der Waals surface area contributed by atoms with Crippen LogP contribution in [-0.2, 0) is 16.0 Å². The van der Waals surface area contributed by atoms with Crippen LogP contribution in [0.25, 0.3) is 0 Å². The van der Waals surface area contributed by atoms with Crippen LogP contribution in [0.2, 0.25) is 0 Å². The van der Waals surface area contributed by atoms with Crippen molar-refractivity contribution in [3.8, 4) is 0 Å². The smallest absolute Gasteiger partial charge is 0.253 e. The number of hydrogen-bond donors (Lipinski definition) is 2. The number of nitrogens with one attached hydrogen (secondary N) is 2. The summed E-state index contributed by atoms with van der Waals surface area (Å²) in [5.74, 6) is -0.211. The molecule has 7 nitrogen and oxygen atoms in total. The third-order valence-electron chi connectivity index (χ3n) is 4.63. The largest absolute Gasteiger partial charge is 0.376 e. The highest BCUT2D eigenvalue weighted by Gasteiger charge is 2.22. The average Bonchev–Trinajstić information content (AvgIpc) is 3.09. The number of rotatable bonds is 5. The van der Waals surface area contributed by atoms with Gasteiger partial charge in [-0.3, -0.25) is 14.4 Å². The summed E-state index contributed by atoms with van der Waals surface area (Å²) in [6.07, 6.45) is 0.787. The first-order valence-electron chi connectivity index (χ1n) is 9.11. The maximum absolute atomic E-state index is 12.2. The van der Waals surface area contributed by atoms with Crippen LogP contribution in [0.3, 0.4) is 0 Å². The highest BCUT2D eigenvalue weighted by Crippen LogP contribution is 2.30. The van der Waals surface area contributed by atoms with Crippen molar-refractivity contribution >= 4 is 34.8 Å². The van der Waals surface area contributed by atoms with Crippen LogP contribution >= 0.6 is 0 Å². The Bertz CT molecular complexity index is 906. The van der Waals surface area contributed by atoms with Gasteiger partial charge in [0.05, 0.1) is 6.54 Å². The molecule has 0 saturated carbocycles. The lowest BCUT2D eigenvalue weighted by Crippen LogP contribution is -2.25. The zero-order valence-electron chi connectivity index (χ0n) is 16.3. The molecule has 0 unspecified atom stereocenters. The first-order chi connectivity index (χ1) is 13.3. The molecule has 2 N–H and O–H groups in total. The average molecular weight is 380 g/mol. The molecular formula is C21H24N4O3. The van der Waals surface area contributed by atoms with Crippen LogP contribution in [0, 0.1) is 0 Å². The highest BCUT2D eigenvalue weighted by molar-refractivity contribution is 5.97. The molecule has 0 radical (unpaired) electrons. The summed E-state index contributed by atoms with van der Waals surface area (Å²) in [5.41, 5.74) is 4.04. The van der Waals surface area contributed by atoms with Crippen molar-refractivity contribution in [1.29, 1.82) is 0 Å². The van der Waals surface area contributed by atoms with Crippen LogP contribution in [0.1, 0.15) is 22.8 Å². The minimum Gasteiger partial charge on any atom is -0.376 e. The maximum atomic E-state index is 12.2. The molecule has 2 aromatic carbocycles. The molecule has 28 heavy (non-hydrogen) atoms. The molecule has 146 valence electrons. The van der Waals surface area contributed by atoms with Gasteiger partial charge in [-0.25, -0.2) is 0 Å². The van der Waals surface area contributed by atoms with Crippen molar-refractivity contribution in [3.05, 3.63) is 53.6 Å². The van der Waals surface area contributed by atoms with Crippen molar-refractivity contribution in [3.63, 3.8) is 0 Å². The Kier molecular flexibility index (Phi) is 5.63. The lowest BCUT2D eigenvalue weighted by molar-refractivity contribution is -0.116. The fourth-order valence-electron chi connectivity index (χ4n) is 3.18. The summed E-state index contributed by atoms with van der Waals surface area (Å²) < 4.78 is 0. The van der Waals surface area contributed by atoms with Gasteiger partial charge >= 0.3 is 0 Å². The molecule has 0 fully saturated rings. The summed E-state index contributed by atoms with van der Waals surface area (Å²) in [7, 11) is 3.41. The van der Waals surface area contributed by atoms with Gasteiger partial charge in [0.25, 0.3) is 5.91 Å². The molecule has 2 aromatic rings. The van der Waals surface area contributed by atoms with Crippen molar-refractivity contribution in [2.24, 2.45) is 0 Å². The normalized spacial score (nSPS) is 12.3. The molecular weight excluding hydrogens is 356 g/mol. The summed E-state index contributed by atoms with van der Waals surface area (Å²) in [6.45, 7) is 2.34. The number of anilines is 3. The van der Waals surface area contributed by atoms with Gasteiger partial charge in [-0.1, -0.05) is 0 Å². The van der Waals surface area contributed by atoms with E-state index >= 15 is 0 Å². The number of fused-ring (bicyclic) bond motifs is 1. The van der Waals surface area contributed by atoms with E-state index in [1.165, 1.54) is 4.90 Å². The van der Waals surface area contributed by atoms with E-state index in [-0.39, 0.29) is 24.3 Å². The molecule has 3 amide bonds. The number of nitrogens with zero attached hydrogens (tertiary/aromatic N) is 2. The van der Waals surface area contributed by atoms with Crippen molar-refractivity contribution < 1.29 is 14.4 Å². The Labute approximate surface area is 164 Å². The fraction of sp³-hybridized carbons (Fsp3) is 0.286. The molecule has 0 saturated heterocycles. The Balaban J connectivity index is 1.55. The standard InChI is InChI=1S/C21H24N4O3/c1-14(26)25-11-10-16-12-18(8-9-19(16)25)23-20(27)13-22-17-6-4-15(5-7-17)21(28)24(2)3/h4-9,12,22H,10-11,13H2,1-3H3,(H,23,27). The molecule has 1 aliphatic heterocycles. The van der Waals surface area contributed by atoms with Gasteiger partial charge in [0.15, 0.2) is 0 Å². The van der Waals surface area contributed by atoms with E-state index in [1.54, 1.807) is 56.3 Å². The highest BCUT2D eigenvalue weighted by atomic mass is 16.2. The molecule has 0 aromatic heterocycles. The van der Waals surface area contributed by atoms with Gasteiger partial charge < -0.3 is 20.4 Å². The predicted octanol–water partition coefficient (Wildman–Crippen LogP) is 2.35. The first kappa shape index (κ1) is 19.4. The molecule has 0 bridgehead atoms. The third kappa shape index (κ3) is 4.31. The van der Waals surface area contributed by atoms with E-state index in [4.69, 9.17) is 0 Å². The minimum absolute atomic E-state index is 0.0260. The Morgan fingerprint density at radius 1 is 1.04 bits per heavy atom. The molecule has 0 atom stereocenters. The zero-order valence-corrected chi connectivity index (χ0v) is 16.3. The Morgan fingerprint density at radius 3 is 2.36 bits per heavy atom. The van der Waals surface area contributed by atoms with E-state index < -0.39 is 0 Å². The Hall–Kier alpha value is -3.35. The second kappa shape index (κ2) is 8.12. The molecule has 0 spiro atoms. The number of hydrogen-bond acceptors (Lipinski definition) is 4. The second-order valence-electron chi connectivity index (χ2n) is 6.94. The zero-order chi connectivity index (χ0) is 20.3. The predicted molar refractivity (Wildman–Crippen MR) is 110 cm³/mol. The fourth-order valence-corrected chi connectivity index (χ4v) is 3.18. The molecule has 1 heterocycles. The van der Waals surface area contributed by atoms with Crippen LogP contribution in [0.5, 0.6) is 0 Å². The van der Waals surface area contributed by atoms with Gasteiger partial charge in [-0.05, 0) is 54.4 Å². The molecule has 1 aliphatic rings. The SMILES string of the molecule is CC(=O)N1CCc2cc(NC(=O)CNc3ccc(C(=O)N(C)C)cc3)ccc21. The summed E-state index contributed by atoms with van der Waals surface area (Å²) >= 11 is 0. The second-order valence-corrected chi connectivity index (χ2v) is 6.94.